The molecule has 1 rings (SSSR count). The van der Waals surface area contributed by atoms with Crippen LogP contribution in [-0.4, -0.2) is 24.2 Å². The van der Waals surface area contributed by atoms with E-state index in [0.717, 1.165) is 25.1 Å². The predicted molar refractivity (Wildman–Crippen MR) is 43.3 cm³/mol. The van der Waals surface area contributed by atoms with Crippen molar-refractivity contribution in [2.75, 3.05) is 13.6 Å². The van der Waals surface area contributed by atoms with E-state index in [2.05, 4.69) is 18.0 Å². The normalized spacial score (nSPS) is 19.2. The van der Waals surface area contributed by atoms with Gasteiger partial charge in [-0.25, -0.2) is 0 Å². The monoisotopic (exact) mass is 138 g/mol. The zero-order valence-corrected chi connectivity index (χ0v) is 6.65. The first-order valence-corrected chi connectivity index (χ1v) is 3.68. The smallest absolute Gasteiger partial charge is 0.0550 e. The van der Waals surface area contributed by atoms with Gasteiger partial charge in [-0.15, -0.1) is 0 Å². The van der Waals surface area contributed by atoms with E-state index in [-0.39, 0.29) is 0 Å². The molecule has 1 heterocycles. The maximum atomic E-state index is 7.47. The summed E-state index contributed by atoms with van der Waals surface area (Å²) in [6.45, 7) is 2.95. The lowest BCUT2D eigenvalue weighted by Gasteiger charge is -2.22. The first-order valence-electron chi connectivity index (χ1n) is 3.68. The maximum Gasteiger partial charge on any atom is 0.0550 e. The second-order valence-corrected chi connectivity index (χ2v) is 2.84. The molecule has 10 heavy (non-hydrogen) atoms. The highest BCUT2D eigenvalue weighted by Gasteiger charge is 2.09. The Bertz CT molecular complexity index is 170. The molecule has 0 spiro atoms. The fourth-order valence-electron chi connectivity index (χ4n) is 1.25. The quantitative estimate of drug-likeness (QED) is 0.586. The Morgan fingerprint density at radius 3 is 2.90 bits per heavy atom. The molecule has 0 atom stereocenters. The summed E-state index contributed by atoms with van der Waals surface area (Å²) < 4.78 is 0. The second kappa shape index (κ2) is 2.86. The zero-order valence-electron chi connectivity index (χ0n) is 6.65. The summed E-state index contributed by atoms with van der Waals surface area (Å²) >= 11 is 0. The highest BCUT2D eigenvalue weighted by Crippen LogP contribution is 2.13. The van der Waals surface area contributed by atoms with Crippen molar-refractivity contribution in [3.8, 4) is 0 Å². The molecule has 0 fully saturated rings. The molecule has 0 aromatic rings. The van der Waals surface area contributed by atoms with E-state index in [0.29, 0.717) is 0 Å². The van der Waals surface area contributed by atoms with Crippen molar-refractivity contribution >= 4 is 5.71 Å². The summed E-state index contributed by atoms with van der Waals surface area (Å²) in [5, 5.41) is 7.47. The topological polar surface area (TPSA) is 27.1 Å². The van der Waals surface area contributed by atoms with Gasteiger partial charge in [-0.1, -0.05) is 6.92 Å². The van der Waals surface area contributed by atoms with Gasteiger partial charge in [0.05, 0.1) is 6.54 Å². The number of nitrogens with one attached hydrogen (secondary N) is 1. The Labute approximate surface area is 62.0 Å². The maximum absolute atomic E-state index is 7.47. The number of rotatable bonds is 1. The van der Waals surface area contributed by atoms with Gasteiger partial charge in [0, 0.05) is 19.2 Å². The highest BCUT2D eigenvalue weighted by atomic mass is 15.1. The Morgan fingerprint density at radius 2 is 2.40 bits per heavy atom. The fraction of sp³-hybridized carbons (Fsp3) is 0.625. The van der Waals surface area contributed by atoms with Crippen LogP contribution in [0.5, 0.6) is 0 Å². The molecule has 0 unspecified atom stereocenters. The van der Waals surface area contributed by atoms with E-state index in [1.807, 2.05) is 7.05 Å². The van der Waals surface area contributed by atoms with Gasteiger partial charge in [-0.05, 0) is 18.2 Å². The van der Waals surface area contributed by atoms with E-state index in [9.17, 15) is 0 Å². The minimum atomic E-state index is 0.809. The van der Waals surface area contributed by atoms with Gasteiger partial charge in [-0.2, -0.15) is 0 Å². The summed E-state index contributed by atoms with van der Waals surface area (Å²) in [4.78, 5) is 2.07. The molecule has 0 radical (unpaired) electrons. The summed E-state index contributed by atoms with van der Waals surface area (Å²) in [6, 6.07) is 0. The van der Waals surface area contributed by atoms with Crippen LogP contribution in [0.25, 0.3) is 0 Å². The molecule has 0 amide bonds. The summed E-state index contributed by atoms with van der Waals surface area (Å²) in [6.07, 6.45) is 4.12. The lowest BCUT2D eigenvalue weighted by Crippen LogP contribution is -2.25. The molecule has 0 saturated heterocycles. The van der Waals surface area contributed by atoms with Gasteiger partial charge in [0.25, 0.3) is 0 Å². The Hall–Kier alpha value is -0.790. The molecule has 0 saturated carbocycles. The van der Waals surface area contributed by atoms with Crippen molar-refractivity contribution in [3.63, 3.8) is 0 Å². The van der Waals surface area contributed by atoms with Gasteiger partial charge >= 0.3 is 0 Å². The molecule has 56 valence electrons. The largest absolute Gasteiger partial charge is 0.375 e. The molecule has 0 aromatic heterocycles. The SMILES string of the molecule is CCC1=CN(C)CC(=N)C1. The molecule has 0 aliphatic carbocycles. The predicted octanol–water partition coefficient (Wildman–Crippen LogP) is 1.64. The molecule has 1 N–H and O–H groups in total. The lowest BCUT2D eigenvalue weighted by molar-refractivity contribution is 0.501. The number of hydrogen-bond acceptors (Lipinski definition) is 2. The third-order valence-electron chi connectivity index (χ3n) is 1.74. The van der Waals surface area contributed by atoms with Crippen LogP contribution < -0.4 is 0 Å². The molecular formula is C8H14N2. The van der Waals surface area contributed by atoms with Crippen molar-refractivity contribution in [2.24, 2.45) is 0 Å². The van der Waals surface area contributed by atoms with Crippen LogP contribution in [-0.2, 0) is 0 Å². The molecule has 0 aromatic carbocycles. The summed E-state index contributed by atoms with van der Waals surface area (Å²) in [7, 11) is 2.02. The summed E-state index contributed by atoms with van der Waals surface area (Å²) in [5.41, 5.74) is 2.21. The van der Waals surface area contributed by atoms with E-state index < -0.39 is 0 Å². The van der Waals surface area contributed by atoms with Gasteiger partial charge in [0.2, 0.25) is 0 Å². The minimum absolute atomic E-state index is 0.809. The molecule has 2 heteroatoms. The average Bonchev–Trinajstić information content (AvgIpc) is 1.85. The number of nitrogens with zero attached hydrogens (tertiary/aromatic N) is 1. The Morgan fingerprint density at radius 1 is 1.70 bits per heavy atom. The Kier molecular flexibility index (Phi) is 2.10. The van der Waals surface area contributed by atoms with Crippen LogP contribution in [0.2, 0.25) is 0 Å². The van der Waals surface area contributed by atoms with Crippen molar-refractivity contribution < 1.29 is 0 Å². The Balaban J connectivity index is 2.65. The second-order valence-electron chi connectivity index (χ2n) is 2.84. The van der Waals surface area contributed by atoms with Gasteiger partial charge in [0.15, 0.2) is 0 Å². The molecular weight excluding hydrogens is 124 g/mol. The van der Waals surface area contributed by atoms with Crippen molar-refractivity contribution in [1.82, 2.24) is 4.90 Å². The van der Waals surface area contributed by atoms with Crippen LogP contribution in [0.15, 0.2) is 11.8 Å². The number of hydrogen-bond donors (Lipinski definition) is 1. The molecule has 2 nitrogen and oxygen atoms in total. The van der Waals surface area contributed by atoms with Crippen LogP contribution in [0.1, 0.15) is 19.8 Å². The fourth-order valence-corrected chi connectivity index (χ4v) is 1.25. The molecule has 1 aliphatic heterocycles. The van der Waals surface area contributed by atoms with E-state index in [1.165, 1.54) is 5.57 Å². The van der Waals surface area contributed by atoms with Crippen molar-refractivity contribution in [2.45, 2.75) is 19.8 Å². The lowest BCUT2D eigenvalue weighted by atomic mass is 10.0. The zero-order chi connectivity index (χ0) is 7.56. The van der Waals surface area contributed by atoms with Gasteiger partial charge in [0.1, 0.15) is 0 Å². The molecule has 0 bridgehead atoms. The average molecular weight is 138 g/mol. The van der Waals surface area contributed by atoms with Crippen LogP contribution in [0, 0.1) is 5.41 Å². The van der Waals surface area contributed by atoms with E-state index in [4.69, 9.17) is 5.41 Å². The van der Waals surface area contributed by atoms with Crippen LogP contribution >= 0.6 is 0 Å². The first kappa shape index (κ1) is 7.32. The third-order valence-corrected chi connectivity index (χ3v) is 1.74. The van der Waals surface area contributed by atoms with Crippen molar-refractivity contribution in [1.29, 1.82) is 5.41 Å². The van der Waals surface area contributed by atoms with Gasteiger partial charge in [-0.3, -0.25) is 0 Å². The van der Waals surface area contributed by atoms with Crippen molar-refractivity contribution in [3.05, 3.63) is 11.8 Å². The van der Waals surface area contributed by atoms with Crippen LogP contribution in [0.3, 0.4) is 0 Å². The standard InChI is InChI=1S/C8H14N2/c1-3-7-4-8(9)6-10(2)5-7/h5,9H,3-4,6H2,1-2H3. The third kappa shape index (κ3) is 1.59. The minimum Gasteiger partial charge on any atom is -0.375 e. The van der Waals surface area contributed by atoms with E-state index >= 15 is 0 Å². The first-order chi connectivity index (χ1) is 4.72. The highest BCUT2D eigenvalue weighted by molar-refractivity contribution is 5.86. The van der Waals surface area contributed by atoms with Gasteiger partial charge < -0.3 is 10.3 Å². The summed E-state index contributed by atoms with van der Waals surface area (Å²) in [5.74, 6) is 0. The molecule has 1 aliphatic rings. The number of allylic oxidation sites excluding steroid dienone is 1. The van der Waals surface area contributed by atoms with Crippen LogP contribution in [0.4, 0.5) is 0 Å². The van der Waals surface area contributed by atoms with E-state index in [1.54, 1.807) is 0 Å².